The Morgan fingerprint density at radius 3 is 1.37 bits per heavy atom. The molecule has 2 nitrogen and oxygen atoms in total. The van der Waals surface area contributed by atoms with Crippen molar-refractivity contribution in [3.63, 3.8) is 0 Å². The van der Waals surface area contributed by atoms with Gasteiger partial charge in [-0.1, -0.05) is 42.5 Å². The van der Waals surface area contributed by atoms with Crippen LogP contribution in [0.1, 0.15) is 27.0 Å². The normalized spacial score (nSPS) is 10.3. The molecule has 0 amide bonds. The van der Waals surface area contributed by atoms with Gasteiger partial charge in [0.2, 0.25) is 0 Å². The number of carbonyl (C=O) groups excluding carboxylic acids is 1. The molecule has 0 fully saturated rings. The molecule has 0 radical (unpaired) electrons. The Hall–Kier alpha value is -3.37. The maximum atomic E-state index is 10.7. The van der Waals surface area contributed by atoms with Crippen LogP contribution in [-0.2, 0) is 13.3 Å². The Morgan fingerprint density at radius 1 is 0.514 bits per heavy atom. The van der Waals surface area contributed by atoms with E-state index in [1.165, 1.54) is 30.0 Å². The van der Waals surface area contributed by atoms with E-state index in [2.05, 4.69) is 91.0 Å². The molecule has 0 spiro atoms. The third-order valence-corrected chi connectivity index (χ3v) is 13.7. The van der Waals surface area contributed by atoms with Crippen LogP contribution >= 0.6 is 0 Å². The molecule has 5 rings (SSSR count). The van der Waals surface area contributed by atoms with Crippen LogP contribution in [0.5, 0.6) is 0 Å². The molecule has 0 heterocycles. The summed E-state index contributed by atoms with van der Waals surface area (Å²) in [7, 11) is 0. The number of fused-ring (bicyclic) bond motifs is 1. The molecule has 0 aliphatic rings. The third-order valence-electron chi connectivity index (χ3n) is 5.90. The molecule has 0 aliphatic carbocycles. The summed E-state index contributed by atoms with van der Waals surface area (Å²) < 4.78 is 3.98. The van der Waals surface area contributed by atoms with E-state index in [1.54, 1.807) is 18.2 Å². The second kappa shape index (κ2) is 12.9. The van der Waals surface area contributed by atoms with Gasteiger partial charge in [0.1, 0.15) is 0 Å². The number of hydrogen-bond donors (Lipinski definition) is 0. The van der Waals surface area contributed by atoms with E-state index in [9.17, 15) is 9.90 Å². The number of benzene rings is 5. The van der Waals surface area contributed by atoms with Crippen molar-refractivity contribution in [3.8, 4) is 0 Å². The first-order valence-corrected chi connectivity index (χ1v) is 17.9. The molecule has 0 aromatic heterocycles. The number of carboxylic acid groups (broad SMARTS) is 1. The van der Waals surface area contributed by atoms with Crippen LogP contribution in [0.2, 0.25) is 0 Å². The molecule has 3 heteroatoms. The summed E-state index contributed by atoms with van der Waals surface area (Å²) in [6.45, 7) is 0. The van der Waals surface area contributed by atoms with Gasteiger partial charge in [0.25, 0.3) is 0 Å². The molecule has 0 unspecified atom stereocenters. The van der Waals surface area contributed by atoms with Gasteiger partial charge in [-0.3, -0.25) is 0 Å². The minimum atomic E-state index is -1.56. The van der Waals surface area contributed by atoms with Gasteiger partial charge in [0, 0.05) is 5.56 Å². The van der Waals surface area contributed by atoms with E-state index in [1.807, 2.05) is 24.3 Å². The monoisotopic (exact) mass is 564 g/mol. The van der Waals surface area contributed by atoms with Crippen molar-refractivity contribution in [1.82, 2.24) is 0 Å². The Kier molecular flexibility index (Phi) is 9.13. The van der Waals surface area contributed by atoms with E-state index in [4.69, 9.17) is 0 Å². The van der Waals surface area contributed by atoms with Gasteiger partial charge in [-0.25, -0.2) is 0 Å². The van der Waals surface area contributed by atoms with E-state index in [0.717, 1.165) is 10.8 Å². The topological polar surface area (TPSA) is 40.1 Å². The van der Waals surface area contributed by atoms with E-state index < -0.39 is 25.7 Å². The number of hydrogen-bond acceptors (Lipinski definition) is 2. The van der Waals surface area contributed by atoms with Crippen LogP contribution in [-0.4, -0.2) is 25.7 Å². The predicted octanol–water partition coefficient (Wildman–Crippen LogP) is 6.03. The Balaban J connectivity index is 0.000000189. The van der Waals surface area contributed by atoms with Crippen LogP contribution in [0.4, 0.5) is 0 Å². The van der Waals surface area contributed by atoms with Gasteiger partial charge < -0.3 is 9.90 Å². The molecule has 0 saturated heterocycles. The quantitative estimate of drug-likeness (QED) is 0.227. The standard InChI is InChI=1S/C11H8O2.3C7H7.Sn/c12-11(13)10-7-3-5-8-4-1-2-6-9(8)10;3*1-7-5-3-2-4-6-7;/h1-7H,(H,12,13);3*2-6H,1H2;/q;;;;+1/p-1. The van der Waals surface area contributed by atoms with Gasteiger partial charge in [-0.05, 0) is 10.8 Å². The zero-order valence-electron chi connectivity index (χ0n) is 19.6. The molecule has 35 heavy (non-hydrogen) atoms. The number of carbonyl (C=O) groups is 1. The fraction of sp³-hybridized carbons (Fsp3) is 0.0938. The summed E-state index contributed by atoms with van der Waals surface area (Å²) in [6.07, 6.45) is 0. The average molecular weight is 563 g/mol. The second-order valence-corrected chi connectivity index (χ2v) is 15.9. The van der Waals surface area contributed by atoms with Gasteiger partial charge in [-0.2, -0.15) is 0 Å². The number of carboxylic acids is 1. The van der Waals surface area contributed by atoms with Gasteiger partial charge >= 0.3 is 141 Å². The zero-order chi connectivity index (χ0) is 24.3. The molecular weight excluding hydrogens is 535 g/mol. The van der Waals surface area contributed by atoms with Crippen molar-refractivity contribution in [3.05, 3.63) is 156 Å². The van der Waals surface area contributed by atoms with Gasteiger partial charge in [0.15, 0.2) is 0 Å². The van der Waals surface area contributed by atoms with Crippen molar-refractivity contribution in [1.29, 1.82) is 0 Å². The van der Waals surface area contributed by atoms with Crippen molar-refractivity contribution < 1.29 is 9.90 Å². The van der Waals surface area contributed by atoms with Gasteiger partial charge in [-0.15, -0.1) is 0 Å². The van der Waals surface area contributed by atoms with E-state index in [-0.39, 0.29) is 5.56 Å². The molecule has 5 aromatic rings. The van der Waals surface area contributed by atoms with Crippen LogP contribution in [0, 0.1) is 0 Å². The summed E-state index contributed by atoms with van der Waals surface area (Å²) in [4.78, 5) is 10.7. The Labute approximate surface area is 214 Å². The van der Waals surface area contributed by atoms with Crippen molar-refractivity contribution in [2.45, 2.75) is 13.3 Å². The fourth-order valence-corrected chi connectivity index (χ4v) is 12.3. The first-order chi connectivity index (χ1) is 17.2. The summed E-state index contributed by atoms with van der Waals surface area (Å²) in [5, 5.41) is 12.4. The number of rotatable bonds is 7. The van der Waals surface area contributed by atoms with Crippen molar-refractivity contribution >= 4 is 36.5 Å². The predicted molar refractivity (Wildman–Crippen MR) is 144 cm³/mol. The van der Waals surface area contributed by atoms with E-state index in [0.29, 0.717) is 0 Å². The maximum absolute atomic E-state index is 10.7. The van der Waals surface area contributed by atoms with Gasteiger partial charge in [0.05, 0.1) is 5.97 Å². The molecule has 0 N–H and O–H groups in total. The fourth-order valence-electron chi connectivity index (χ4n) is 4.24. The molecule has 0 atom stereocenters. The van der Waals surface area contributed by atoms with Crippen LogP contribution in [0.3, 0.4) is 0 Å². The Bertz CT molecular complexity index is 1230. The second-order valence-electron chi connectivity index (χ2n) is 8.55. The average Bonchev–Trinajstić information content (AvgIpc) is 2.90. The molecule has 172 valence electrons. The number of aromatic carboxylic acids is 1. The molecule has 0 aliphatic heterocycles. The Morgan fingerprint density at radius 2 is 0.914 bits per heavy atom. The summed E-state index contributed by atoms with van der Waals surface area (Å²) in [6, 6.07) is 45.6. The molecule has 0 saturated carbocycles. The third kappa shape index (κ3) is 7.56. The summed E-state index contributed by atoms with van der Waals surface area (Å²) in [5.41, 5.74) is 4.80. The van der Waals surface area contributed by atoms with E-state index >= 15 is 0 Å². The molecular formula is C32H28O2Sn. The summed E-state index contributed by atoms with van der Waals surface area (Å²) >= 11 is -1.56. The van der Waals surface area contributed by atoms with Crippen LogP contribution in [0.25, 0.3) is 10.8 Å². The zero-order valence-corrected chi connectivity index (χ0v) is 22.5. The first-order valence-electron chi connectivity index (χ1n) is 11.8. The summed E-state index contributed by atoms with van der Waals surface area (Å²) in [5.74, 6) is -1.13. The first kappa shape index (κ1) is 24.7. The van der Waals surface area contributed by atoms with Crippen molar-refractivity contribution in [2.75, 3.05) is 0 Å². The minimum absolute atomic E-state index is 0.248. The SMILES string of the molecule is O=C([O-])c1cccc2ccccc12.c1ccc([CH2][Sn+]([CH2]c2ccccc2)[CH2]c2ccccc2)cc1. The molecule has 5 aromatic carbocycles. The van der Waals surface area contributed by atoms with Crippen LogP contribution in [0.15, 0.2) is 133 Å². The molecule has 0 bridgehead atoms. The van der Waals surface area contributed by atoms with Crippen LogP contribution < -0.4 is 5.11 Å². The van der Waals surface area contributed by atoms with Crippen molar-refractivity contribution in [2.24, 2.45) is 0 Å².